The Kier molecular flexibility index (Phi) is 4.54. The number of halogens is 3. The fraction of sp³-hybridized carbons (Fsp3) is 0.400. The van der Waals surface area contributed by atoms with Crippen molar-refractivity contribution in [2.45, 2.75) is 12.6 Å². The topological polar surface area (TPSA) is 79.2 Å². The molecule has 0 aromatic carbocycles. The molecule has 2 heterocycles. The molecule has 1 aromatic rings. The quantitative estimate of drug-likeness (QED) is 0.725. The number of nitrogens with zero attached hydrogens (tertiary/aromatic N) is 2. The number of nitrogens with one attached hydrogen (secondary N) is 1. The van der Waals surface area contributed by atoms with E-state index in [9.17, 15) is 18.0 Å². The van der Waals surface area contributed by atoms with Crippen LogP contribution in [0.25, 0.3) is 0 Å². The van der Waals surface area contributed by atoms with Gasteiger partial charge in [-0.2, -0.15) is 13.2 Å². The molecule has 3 rings (SSSR count). The first-order valence-corrected chi connectivity index (χ1v) is 7.04. The maximum atomic E-state index is 12.3. The van der Waals surface area contributed by atoms with Crippen molar-refractivity contribution < 1.29 is 32.4 Å². The normalized spacial score (nSPS) is 16.1. The molecule has 0 atom stereocenters. The molecule has 6 nitrogen and oxygen atoms in total. The Balaban J connectivity index is 0.000000256. The van der Waals surface area contributed by atoms with E-state index in [1.54, 1.807) is 0 Å². The molecule has 1 aliphatic heterocycles. The zero-order valence-corrected chi connectivity index (χ0v) is 13.3. The number of H-pyrrole nitrogens is 1. The highest BCUT2D eigenvalue weighted by Gasteiger charge is 2.35. The number of carbonyl (C=O) groups excluding carboxylic acids is 2. The molecular formula is C15H16F3N3O3. The lowest BCUT2D eigenvalue weighted by Crippen LogP contribution is -2.37. The summed E-state index contributed by atoms with van der Waals surface area (Å²) >= 11 is 0. The minimum absolute atomic E-state index is 0.0929. The first kappa shape index (κ1) is 17.8. The Bertz CT molecular complexity index is 758. The summed E-state index contributed by atoms with van der Waals surface area (Å²) in [5, 5.41) is 8.78. The Hall–Kier alpha value is -2.58. The van der Waals surface area contributed by atoms with Crippen molar-refractivity contribution in [3.63, 3.8) is 0 Å². The number of rotatable bonds is 1. The lowest BCUT2D eigenvalue weighted by molar-refractivity contribution is -0.497. The predicted octanol–water partition coefficient (Wildman–Crippen LogP) is -0.0574. The van der Waals surface area contributed by atoms with Crippen LogP contribution in [0, 0.1) is 0 Å². The van der Waals surface area contributed by atoms with E-state index in [2.05, 4.69) is 16.6 Å². The molecule has 24 heavy (non-hydrogen) atoms. The molecule has 0 radical (unpaired) electrons. The van der Waals surface area contributed by atoms with E-state index in [1.165, 1.54) is 5.56 Å². The molecule has 130 valence electrons. The number of carboxylic acids is 1. The summed E-state index contributed by atoms with van der Waals surface area (Å²) in [6.07, 6.45) is -0.215. The smallest absolute Gasteiger partial charge is 0.430 e. The van der Waals surface area contributed by atoms with Gasteiger partial charge in [-0.15, -0.1) is 0 Å². The number of carboxylic acid groups (broad SMARTS) is 1. The fourth-order valence-corrected chi connectivity index (χ4v) is 2.57. The number of likely N-dealkylation sites (N-methyl/N-ethyl adjacent to an activating group) is 2. The maximum absolute atomic E-state index is 12.3. The van der Waals surface area contributed by atoms with E-state index in [0.29, 0.717) is 0 Å². The summed E-state index contributed by atoms with van der Waals surface area (Å²) in [7, 11) is 5.89. The van der Waals surface area contributed by atoms with Crippen molar-refractivity contribution in [1.82, 2.24) is 9.88 Å². The van der Waals surface area contributed by atoms with E-state index in [0.717, 1.165) is 35.6 Å². The second-order valence-electron chi connectivity index (χ2n) is 5.66. The van der Waals surface area contributed by atoms with E-state index in [-0.39, 0.29) is 5.78 Å². The summed E-state index contributed by atoms with van der Waals surface area (Å²) in [5.41, 5.74) is 5.01. The lowest BCUT2D eigenvalue weighted by Gasteiger charge is -2.21. The SMILES string of the molecule is CN(C)C1=CC2=[N+](C)CCc3c[nH]c(c32)C1=O.O=C([O-])C(F)(F)F. The largest absolute Gasteiger partial charge is 0.542 e. The van der Waals surface area contributed by atoms with Gasteiger partial charge in [0.05, 0.1) is 11.3 Å². The number of aromatic nitrogens is 1. The number of hydrogen-bond donors (Lipinski definition) is 1. The van der Waals surface area contributed by atoms with Crippen molar-refractivity contribution in [2.24, 2.45) is 0 Å². The second-order valence-corrected chi connectivity index (χ2v) is 5.66. The number of ketones is 1. The van der Waals surface area contributed by atoms with Crippen LogP contribution >= 0.6 is 0 Å². The van der Waals surface area contributed by atoms with Crippen LogP contribution in [0.15, 0.2) is 18.0 Å². The minimum atomic E-state index is -5.19. The highest BCUT2D eigenvalue weighted by Crippen LogP contribution is 2.27. The third kappa shape index (κ3) is 3.19. The van der Waals surface area contributed by atoms with Crippen LogP contribution < -0.4 is 5.11 Å². The molecular weight excluding hydrogens is 327 g/mol. The van der Waals surface area contributed by atoms with E-state index in [4.69, 9.17) is 9.90 Å². The minimum Gasteiger partial charge on any atom is -0.542 e. The number of hydrogen-bond acceptors (Lipinski definition) is 4. The van der Waals surface area contributed by atoms with Gasteiger partial charge in [0.2, 0.25) is 11.5 Å². The highest BCUT2D eigenvalue weighted by atomic mass is 19.4. The molecule has 0 saturated carbocycles. The van der Waals surface area contributed by atoms with Gasteiger partial charge < -0.3 is 19.8 Å². The van der Waals surface area contributed by atoms with Crippen molar-refractivity contribution in [3.05, 3.63) is 34.8 Å². The Morgan fingerprint density at radius 3 is 2.46 bits per heavy atom. The Morgan fingerprint density at radius 1 is 1.38 bits per heavy atom. The molecule has 1 aliphatic carbocycles. The number of carbonyl (C=O) groups is 2. The van der Waals surface area contributed by atoms with Crippen molar-refractivity contribution in [3.8, 4) is 0 Å². The number of Topliss-reactive ketones (excluding diaryl/α,β-unsaturated/α-hetero) is 1. The first-order valence-electron chi connectivity index (χ1n) is 7.04. The molecule has 0 saturated heterocycles. The van der Waals surface area contributed by atoms with Gasteiger partial charge in [-0.3, -0.25) is 4.79 Å². The average Bonchev–Trinajstić information content (AvgIpc) is 2.89. The number of allylic oxidation sites excluding steroid dienone is 2. The third-order valence-electron chi connectivity index (χ3n) is 3.79. The van der Waals surface area contributed by atoms with Crippen LogP contribution in [0.5, 0.6) is 0 Å². The first-order chi connectivity index (χ1) is 11.0. The summed E-state index contributed by atoms with van der Waals surface area (Å²) in [5.74, 6) is -2.91. The Morgan fingerprint density at radius 2 is 1.96 bits per heavy atom. The van der Waals surface area contributed by atoms with Gasteiger partial charge in [0.25, 0.3) is 0 Å². The van der Waals surface area contributed by atoms with Gasteiger partial charge in [0, 0.05) is 32.8 Å². The van der Waals surface area contributed by atoms with Gasteiger partial charge in [0.15, 0.2) is 0 Å². The molecule has 0 unspecified atom stereocenters. The lowest BCUT2D eigenvalue weighted by atomic mass is 9.91. The van der Waals surface area contributed by atoms with Crippen molar-refractivity contribution in [1.29, 1.82) is 0 Å². The van der Waals surface area contributed by atoms with Gasteiger partial charge in [-0.1, -0.05) is 0 Å². The van der Waals surface area contributed by atoms with Gasteiger partial charge in [-0.25, -0.2) is 4.58 Å². The summed E-state index contributed by atoms with van der Waals surface area (Å²) in [6, 6.07) is 0. The Labute approximate surface area is 135 Å². The van der Waals surface area contributed by atoms with E-state index in [1.807, 2.05) is 31.3 Å². The van der Waals surface area contributed by atoms with Gasteiger partial charge in [-0.05, 0) is 5.56 Å². The third-order valence-corrected chi connectivity index (χ3v) is 3.79. The molecule has 2 aliphatic rings. The van der Waals surface area contributed by atoms with Gasteiger partial charge >= 0.3 is 6.18 Å². The van der Waals surface area contributed by atoms with Crippen LogP contribution in [0.4, 0.5) is 13.2 Å². The second kappa shape index (κ2) is 6.14. The van der Waals surface area contributed by atoms with Gasteiger partial charge in [0.1, 0.15) is 25.3 Å². The molecule has 0 amide bonds. The monoisotopic (exact) mass is 343 g/mol. The molecule has 0 fully saturated rings. The summed E-state index contributed by atoms with van der Waals surface area (Å²) in [4.78, 5) is 26.1. The summed E-state index contributed by atoms with van der Waals surface area (Å²) in [6.45, 7) is 1.00. The maximum Gasteiger partial charge on any atom is 0.430 e. The summed E-state index contributed by atoms with van der Waals surface area (Å²) < 4.78 is 33.8. The standard InChI is InChI=1S/C13H15N3O.C2HF3O2/c1-15(2)10-6-9-11-8(4-5-16(9)3)7-14-12(11)13(10)17;3-2(4,5)1(6)7/h6-7H,4-5H2,1-3H3;(H,6,7). The molecule has 0 spiro atoms. The van der Waals surface area contributed by atoms with Crippen LogP contribution in [-0.2, 0) is 11.2 Å². The van der Waals surface area contributed by atoms with Crippen LogP contribution in [-0.4, -0.2) is 65.8 Å². The van der Waals surface area contributed by atoms with Crippen LogP contribution in [0.3, 0.4) is 0 Å². The van der Waals surface area contributed by atoms with E-state index >= 15 is 0 Å². The number of aliphatic carboxylic acids is 1. The number of alkyl halides is 3. The van der Waals surface area contributed by atoms with Crippen molar-refractivity contribution in [2.75, 3.05) is 27.7 Å². The number of aromatic amines is 1. The average molecular weight is 343 g/mol. The fourth-order valence-electron chi connectivity index (χ4n) is 2.57. The zero-order chi connectivity index (χ0) is 18.2. The van der Waals surface area contributed by atoms with Crippen LogP contribution in [0.2, 0.25) is 0 Å². The zero-order valence-electron chi connectivity index (χ0n) is 13.3. The molecule has 9 heteroatoms. The molecule has 1 aromatic heterocycles. The molecule has 1 N–H and O–H groups in total. The predicted molar refractivity (Wildman–Crippen MR) is 76.8 cm³/mol. The van der Waals surface area contributed by atoms with Crippen LogP contribution in [0.1, 0.15) is 21.6 Å². The van der Waals surface area contributed by atoms with Crippen molar-refractivity contribution >= 4 is 17.5 Å². The van der Waals surface area contributed by atoms with E-state index < -0.39 is 12.1 Å². The highest BCUT2D eigenvalue weighted by molar-refractivity contribution is 6.24. The molecule has 0 bridgehead atoms.